The van der Waals surface area contributed by atoms with E-state index in [9.17, 15) is 0 Å². The summed E-state index contributed by atoms with van der Waals surface area (Å²) in [7, 11) is 1.88. The smallest absolute Gasteiger partial charge is 0.0225 e. The molecule has 0 bridgehead atoms. The van der Waals surface area contributed by atoms with E-state index in [0.29, 0.717) is 0 Å². The normalized spacial score (nSPS) is 13.5. The minimum absolute atomic E-state index is 0.168. The molecule has 3 heteroatoms. The summed E-state index contributed by atoms with van der Waals surface area (Å²) in [5, 5.41) is 2.91. The van der Waals surface area contributed by atoms with Gasteiger partial charge < -0.3 is 5.32 Å². The molecule has 0 saturated heterocycles. The molecule has 0 aliphatic rings. The molecule has 0 aromatic heterocycles. The summed E-state index contributed by atoms with van der Waals surface area (Å²) in [4.78, 5) is 0. The minimum atomic E-state index is -0.168. The van der Waals surface area contributed by atoms with Gasteiger partial charge in [-0.05, 0) is 35.5 Å². The highest BCUT2D eigenvalue weighted by molar-refractivity contribution is 14.2. The first-order valence-electron chi connectivity index (χ1n) is 3.24. The molecular formula is C8H13IN2. The predicted octanol–water partition coefficient (Wildman–Crippen LogP) is 2.05. The summed E-state index contributed by atoms with van der Waals surface area (Å²) >= 11 is -0.168. The van der Waals surface area contributed by atoms with E-state index in [-0.39, 0.29) is 21.0 Å². The lowest BCUT2D eigenvalue weighted by Gasteiger charge is -1.85. The standard InChI is InChI=1S/C8H13IN2/c1-8(7-9-11-3)5-4-6-10-2/h4-7,10H,3H2,1-2H3/b6-4+,8-5-. The van der Waals surface area contributed by atoms with E-state index in [1.807, 2.05) is 25.4 Å². The van der Waals surface area contributed by atoms with Crippen molar-refractivity contribution in [1.82, 2.24) is 5.32 Å². The van der Waals surface area contributed by atoms with E-state index in [4.69, 9.17) is 0 Å². The van der Waals surface area contributed by atoms with Gasteiger partial charge in [0.25, 0.3) is 0 Å². The number of hydrogen-bond acceptors (Lipinski definition) is 2. The third kappa shape index (κ3) is 7.45. The molecule has 0 aromatic rings. The second kappa shape index (κ2) is 7.65. The summed E-state index contributed by atoms with van der Waals surface area (Å²) in [6.45, 7) is 5.50. The van der Waals surface area contributed by atoms with Gasteiger partial charge in [0.15, 0.2) is 0 Å². The van der Waals surface area contributed by atoms with Crippen LogP contribution in [0.2, 0.25) is 0 Å². The Morgan fingerprint density at radius 1 is 1.64 bits per heavy atom. The lowest BCUT2D eigenvalue weighted by molar-refractivity contribution is 1.10. The van der Waals surface area contributed by atoms with Crippen molar-refractivity contribution in [3.05, 3.63) is 23.9 Å². The summed E-state index contributed by atoms with van der Waals surface area (Å²) in [6.07, 6.45) is 5.90. The number of allylic oxidation sites excluding steroid dienone is 3. The Morgan fingerprint density at radius 2 is 2.36 bits per heavy atom. The van der Waals surface area contributed by atoms with E-state index in [1.165, 1.54) is 5.57 Å². The Bertz CT molecular complexity index is 192. The van der Waals surface area contributed by atoms with Crippen LogP contribution in [-0.2, 0) is 0 Å². The van der Waals surface area contributed by atoms with Gasteiger partial charge in [0.1, 0.15) is 0 Å². The first kappa shape index (κ1) is 10.6. The molecule has 0 amide bonds. The summed E-state index contributed by atoms with van der Waals surface area (Å²) < 4.78 is 5.96. The predicted molar refractivity (Wildman–Crippen MR) is 61.6 cm³/mol. The van der Waals surface area contributed by atoms with Crippen LogP contribution in [0.1, 0.15) is 6.92 Å². The van der Waals surface area contributed by atoms with E-state index in [1.54, 1.807) is 0 Å². The van der Waals surface area contributed by atoms with E-state index < -0.39 is 0 Å². The Hall–Kier alpha value is -0.450. The zero-order chi connectivity index (χ0) is 8.53. The summed E-state index contributed by atoms with van der Waals surface area (Å²) in [5.74, 6) is 0. The van der Waals surface area contributed by atoms with Crippen molar-refractivity contribution in [2.45, 2.75) is 6.92 Å². The molecule has 11 heavy (non-hydrogen) atoms. The first-order valence-corrected chi connectivity index (χ1v) is 5.45. The van der Waals surface area contributed by atoms with E-state index >= 15 is 0 Å². The number of nitrogens with one attached hydrogen (secondary N) is 1. The van der Waals surface area contributed by atoms with Gasteiger partial charge in [-0.1, -0.05) is 6.08 Å². The van der Waals surface area contributed by atoms with Gasteiger partial charge >= 0.3 is 0 Å². The minimum Gasteiger partial charge on any atom is -0.394 e. The summed E-state index contributed by atoms with van der Waals surface area (Å²) in [6, 6.07) is 0. The van der Waals surface area contributed by atoms with Crippen LogP contribution in [0.25, 0.3) is 0 Å². The van der Waals surface area contributed by atoms with E-state index in [2.05, 4.69) is 26.2 Å². The average molecular weight is 264 g/mol. The lowest BCUT2D eigenvalue weighted by atomic mass is 10.3. The van der Waals surface area contributed by atoms with Crippen LogP contribution in [-0.4, -0.2) is 17.8 Å². The van der Waals surface area contributed by atoms with E-state index in [0.717, 1.165) is 0 Å². The highest BCUT2D eigenvalue weighted by atomic mass is 127. The maximum absolute atomic E-state index is 3.83. The zero-order valence-electron chi connectivity index (χ0n) is 6.84. The molecule has 0 saturated carbocycles. The Labute approximate surface area is 78.2 Å². The molecule has 0 spiro atoms. The van der Waals surface area contributed by atoms with Gasteiger partial charge in [0.05, 0.1) is 0 Å². The number of rotatable bonds is 4. The van der Waals surface area contributed by atoms with Crippen LogP contribution in [0.3, 0.4) is 0 Å². The highest BCUT2D eigenvalue weighted by Gasteiger charge is 1.75. The van der Waals surface area contributed by atoms with Crippen molar-refractivity contribution < 1.29 is 0 Å². The molecule has 0 fully saturated rings. The van der Waals surface area contributed by atoms with Gasteiger partial charge in [0, 0.05) is 28.1 Å². The van der Waals surface area contributed by atoms with Gasteiger partial charge in [-0.3, -0.25) is 0 Å². The molecule has 0 radical (unpaired) electrons. The zero-order valence-corrected chi connectivity index (χ0v) is 9.00. The van der Waals surface area contributed by atoms with Crippen molar-refractivity contribution in [2.24, 2.45) is 3.21 Å². The largest absolute Gasteiger partial charge is 0.394 e. The molecule has 1 N–H and O–H groups in total. The third-order valence-corrected chi connectivity index (χ3v) is 2.57. The molecule has 0 aliphatic carbocycles. The molecular weight excluding hydrogens is 251 g/mol. The maximum Gasteiger partial charge on any atom is 0.0225 e. The molecule has 0 heterocycles. The highest BCUT2D eigenvalue weighted by Crippen LogP contribution is 1.99. The maximum atomic E-state index is 3.83. The van der Waals surface area contributed by atoms with Crippen LogP contribution in [0.5, 0.6) is 0 Å². The SMILES string of the molecule is C=NI=C/C(C)=C\C=C\NC. The van der Waals surface area contributed by atoms with Crippen molar-refractivity contribution in [3.8, 4) is 0 Å². The van der Waals surface area contributed by atoms with Crippen LogP contribution in [0.4, 0.5) is 0 Å². The van der Waals surface area contributed by atoms with Crippen molar-refractivity contribution in [3.63, 3.8) is 0 Å². The second-order valence-corrected chi connectivity index (χ2v) is 3.75. The number of halogens is 1. The Kier molecular flexibility index (Phi) is 7.34. The Morgan fingerprint density at radius 3 is 2.91 bits per heavy atom. The van der Waals surface area contributed by atoms with Gasteiger partial charge in [-0.2, -0.15) is 0 Å². The molecule has 0 aliphatic heterocycles. The number of nitrogens with zero attached hydrogens (tertiary/aromatic N) is 1. The van der Waals surface area contributed by atoms with Crippen LogP contribution >= 0.6 is 21.0 Å². The van der Waals surface area contributed by atoms with Gasteiger partial charge in [-0.15, -0.1) is 0 Å². The fourth-order valence-corrected chi connectivity index (χ4v) is 1.29. The monoisotopic (exact) mass is 264 g/mol. The fraction of sp³-hybridized carbons (Fsp3) is 0.250. The molecule has 62 valence electrons. The van der Waals surface area contributed by atoms with Crippen LogP contribution in [0, 0.1) is 0 Å². The van der Waals surface area contributed by atoms with Gasteiger partial charge in [0.2, 0.25) is 0 Å². The Balaban J connectivity index is 3.89. The van der Waals surface area contributed by atoms with Crippen molar-refractivity contribution in [1.29, 1.82) is 0 Å². The van der Waals surface area contributed by atoms with Crippen LogP contribution in [0.15, 0.2) is 27.1 Å². The van der Waals surface area contributed by atoms with Gasteiger partial charge in [-0.25, -0.2) is 3.21 Å². The lowest BCUT2D eigenvalue weighted by Crippen LogP contribution is -1.89. The number of hydrogen-bond donors (Lipinski definition) is 1. The second-order valence-electron chi connectivity index (χ2n) is 1.88. The van der Waals surface area contributed by atoms with Crippen molar-refractivity contribution in [2.75, 3.05) is 7.05 Å². The van der Waals surface area contributed by atoms with Crippen molar-refractivity contribution >= 4 is 31.7 Å². The molecule has 0 aromatic carbocycles. The fourth-order valence-electron chi connectivity index (χ4n) is 0.444. The quantitative estimate of drug-likeness (QED) is 0.469. The molecule has 0 atom stereocenters. The average Bonchev–Trinajstić information content (AvgIpc) is 2.01. The third-order valence-electron chi connectivity index (χ3n) is 0.912. The topological polar surface area (TPSA) is 24.4 Å². The summed E-state index contributed by atoms with van der Waals surface area (Å²) in [5.41, 5.74) is 1.25. The molecule has 2 nitrogen and oxygen atoms in total. The first-order chi connectivity index (χ1) is 5.31. The molecule has 0 rings (SSSR count). The molecule has 0 unspecified atom stereocenters. The van der Waals surface area contributed by atoms with Crippen LogP contribution < -0.4 is 5.32 Å².